The van der Waals surface area contributed by atoms with E-state index in [1.54, 1.807) is 18.2 Å². The first-order valence-electron chi connectivity index (χ1n) is 6.11. The number of halogens is 2. The molecule has 0 aliphatic heterocycles. The summed E-state index contributed by atoms with van der Waals surface area (Å²) in [5.41, 5.74) is 0.379. The number of nitrogens with one attached hydrogen (secondary N) is 2. The van der Waals surface area contributed by atoms with Crippen LogP contribution in [0.15, 0.2) is 45.9 Å². The smallest absolute Gasteiger partial charge is 0.262 e. The number of benzene rings is 1. The molecule has 0 saturated heterocycles. The van der Waals surface area contributed by atoms with E-state index in [0.29, 0.717) is 27.5 Å². The maximum absolute atomic E-state index is 12.4. The lowest BCUT2D eigenvalue weighted by atomic mass is 10.3. The van der Waals surface area contributed by atoms with Crippen molar-refractivity contribution in [1.82, 2.24) is 4.98 Å². The van der Waals surface area contributed by atoms with Crippen molar-refractivity contribution < 1.29 is 8.42 Å². The van der Waals surface area contributed by atoms with Crippen LogP contribution in [0.4, 0.5) is 11.5 Å². The number of pyridine rings is 1. The van der Waals surface area contributed by atoms with Gasteiger partial charge in [0.15, 0.2) is 0 Å². The predicted molar refractivity (Wildman–Crippen MR) is 88.4 cm³/mol. The van der Waals surface area contributed by atoms with Crippen LogP contribution < -0.4 is 10.0 Å². The Morgan fingerprint density at radius 3 is 2.81 bits per heavy atom. The Morgan fingerprint density at radius 1 is 1.33 bits per heavy atom. The monoisotopic (exact) mass is 389 g/mol. The molecule has 112 valence electrons. The van der Waals surface area contributed by atoms with Crippen LogP contribution in [0.5, 0.6) is 0 Å². The Bertz CT molecular complexity index is 753. The van der Waals surface area contributed by atoms with Crippen LogP contribution in [-0.2, 0) is 10.0 Å². The summed E-state index contributed by atoms with van der Waals surface area (Å²) in [7, 11) is -3.71. The predicted octanol–water partition coefficient (Wildman–Crippen LogP) is 3.73. The van der Waals surface area contributed by atoms with Crippen LogP contribution in [0.2, 0.25) is 5.02 Å². The Morgan fingerprint density at radius 2 is 2.10 bits per heavy atom. The Balaban J connectivity index is 2.34. The summed E-state index contributed by atoms with van der Waals surface area (Å²) in [6.07, 6.45) is 1.44. The molecule has 2 rings (SSSR count). The summed E-state index contributed by atoms with van der Waals surface area (Å²) < 4.78 is 27.8. The molecule has 5 nitrogen and oxygen atoms in total. The highest BCUT2D eigenvalue weighted by atomic mass is 79.9. The van der Waals surface area contributed by atoms with Gasteiger partial charge in [0.1, 0.15) is 5.82 Å². The standard InChI is InChI=1S/C13H13BrClN3O2S/c1-2-16-12-8-9(6-7-17-12)21(19,20)18-11-5-3-4-10(15)13(11)14/h3-8,18H,2H2,1H3,(H,16,17). The van der Waals surface area contributed by atoms with E-state index in [0.717, 1.165) is 0 Å². The zero-order valence-electron chi connectivity index (χ0n) is 11.1. The van der Waals surface area contributed by atoms with Crippen molar-refractivity contribution in [2.45, 2.75) is 11.8 Å². The first kappa shape index (κ1) is 16.1. The molecule has 2 N–H and O–H groups in total. The van der Waals surface area contributed by atoms with Gasteiger partial charge in [0.05, 0.1) is 20.1 Å². The third kappa shape index (κ3) is 3.87. The largest absolute Gasteiger partial charge is 0.370 e. The molecule has 0 spiro atoms. The van der Waals surface area contributed by atoms with Crippen molar-refractivity contribution in [2.24, 2.45) is 0 Å². The third-order valence-electron chi connectivity index (χ3n) is 2.60. The molecule has 0 aliphatic carbocycles. The highest BCUT2D eigenvalue weighted by molar-refractivity contribution is 9.10. The van der Waals surface area contributed by atoms with Crippen molar-refractivity contribution in [3.8, 4) is 0 Å². The number of hydrogen-bond acceptors (Lipinski definition) is 4. The van der Waals surface area contributed by atoms with E-state index in [2.05, 4.69) is 31.0 Å². The van der Waals surface area contributed by atoms with Crippen molar-refractivity contribution >= 4 is 49.1 Å². The van der Waals surface area contributed by atoms with E-state index in [1.165, 1.54) is 18.3 Å². The van der Waals surface area contributed by atoms with Gasteiger partial charge in [-0.2, -0.15) is 0 Å². The molecule has 0 radical (unpaired) electrons. The number of aromatic nitrogens is 1. The molecule has 1 aromatic carbocycles. The number of sulfonamides is 1. The molecular formula is C13H13BrClN3O2S. The van der Waals surface area contributed by atoms with Crippen LogP contribution in [0.25, 0.3) is 0 Å². The molecule has 0 bridgehead atoms. The minimum atomic E-state index is -3.71. The van der Waals surface area contributed by atoms with E-state index in [9.17, 15) is 8.42 Å². The lowest BCUT2D eigenvalue weighted by molar-refractivity contribution is 0.601. The zero-order valence-corrected chi connectivity index (χ0v) is 14.3. The summed E-state index contributed by atoms with van der Waals surface area (Å²) in [5, 5.41) is 3.40. The fourth-order valence-electron chi connectivity index (χ4n) is 1.64. The van der Waals surface area contributed by atoms with Crippen molar-refractivity contribution in [3.63, 3.8) is 0 Å². The lowest BCUT2D eigenvalue weighted by Gasteiger charge is -2.11. The Kier molecular flexibility index (Phi) is 5.08. The van der Waals surface area contributed by atoms with Gasteiger partial charge in [0.25, 0.3) is 10.0 Å². The van der Waals surface area contributed by atoms with Gasteiger partial charge in [-0.1, -0.05) is 17.7 Å². The number of hydrogen-bond donors (Lipinski definition) is 2. The van der Waals surface area contributed by atoms with Gasteiger partial charge in [-0.05, 0) is 41.1 Å². The molecule has 1 heterocycles. The fraction of sp³-hybridized carbons (Fsp3) is 0.154. The molecule has 0 atom stereocenters. The average Bonchev–Trinajstić information content (AvgIpc) is 2.44. The minimum Gasteiger partial charge on any atom is -0.370 e. The Hall–Kier alpha value is -1.31. The second kappa shape index (κ2) is 6.64. The zero-order chi connectivity index (χ0) is 15.5. The number of anilines is 2. The highest BCUT2D eigenvalue weighted by Crippen LogP contribution is 2.31. The summed E-state index contributed by atoms with van der Waals surface area (Å²) >= 11 is 9.21. The summed E-state index contributed by atoms with van der Waals surface area (Å²) in [6.45, 7) is 2.56. The van der Waals surface area contributed by atoms with Crippen LogP contribution >= 0.6 is 27.5 Å². The van der Waals surface area contributed by atoms with E-state index in [1.807, 2.05) is 6.92 Å². The SMILES string of the molecule is CCNc1cc(S(=O)(=O)Nc2cccc(Cl)c2Br)ccn1. The molecule has 21 heavy (non-hydrogen) atoms. The van der Waals surface area contributed by atoms with Gasteiger partial charge in [-0.3, -0.25) is 4.72 Å². The van der Waals surface area contributed by atoms with Crippen LogP contribution in [0, 0.1) is 0 Å². The van der Waals surface area contributed by atoms with Gasteiger partial charge < -0.3 is 5.32 Å². The first-order valence-corrected chi connectivity index (χ1v) is 8.76. The first-order chi connectivity index (χ1) is 9.94. The van der Waals surface area contributed by atoms with Crippen LogP contribution in [0.3, 0.4) is 0 Å². The molecule has 8 heteroatoms. The molecule has 0 fully saturated rings. The van der Waals surface area contributed by atoms with Gasteiger partial charge in [0, 0.05) is 18.8 Å². The quantitative estimate of drug-likeness (QED) is 0.816. The summed E-state index contributed by atoms with van der Waals surface area (Å²) in [4.78, 5) is 4.17. The van der Waals surface area contributed by atoms with E-state index in [-0.39, 0.29) is 4.90 Å². The maximum Gasteiger partial charge on any atom is 0.262 e. The molecule has 0 amide bonds. The molecule has 0 aliphatic rings. The van der Waals surface area contributed by atoms with Crippen LogP contribution in [-0.4, -0.2) is 19.9 Å². The van der Waals surface area contributed by atoms with Gasteiger partial charge in [-0.25, -0.2) is 13.4 Å². The number of nitrogens with zero attached hydrogens (tertiary/aromatic N) is 1. The van der Waals surface area contributed by atoms with E-state index >= 15 is 0 Å². The Labute approximate surface area is 136 Å². The molecule has 0 saturated carbocycles. The number of rotatable bonds is 5. The molecule has 2 aromatic rings. The second-order valence-corrected chi connectivity index (χ2v) is 7.00. The fourth-order valence-corrected chi connectivity index (χ4v) is 3.40. The van der Waals surface area contributed by atoms with E-state index in [4.69, 9.17) is 11.6 Å². The third-order valence-corrected chi connectivity index (χ3v) is 5.36. The van der Waals surface area contributed by atoms with E-state index < -0.39 is 10.0 Å². The lowest BCUT2D eigenvalue weighted by Crippen LogP contribution is -2.14. The van der Waals surface area contributed by atoms with Crippen molar-refractivity contribution in [2.75, 3.05) is 16.6 Å². The van der Waals surface area contributed by atoms with Gasteiger partial charge in [-0.15, -0.1) is 0 Å². The molecule has 1 aromatic heterocycles. The average molecular weight is 391 g/mol. The van der Waals surface area contributed by atoms with Crippen molar-refractivity contribution in [1.29, 1.82) is 0 Å². The minimum absolute atomic E-state index is 0.125. The maximum atomic E-state index is 12.4. The molecule has 0 unspecified atom stereocenters. The second-order valence-electron chi connectivity index (χ2n) is 4.11. The van der Waals surface area contributed by atoms with Crippen molar-refractivity contribution in [3.05, 3.63) is 46.0 Å². The summed E-state index contributed by atoms with van der Waals surface area (Å²) in [5.74, 6) is 0.505. The highest BCUT2D eigenvalue weighted by Gasteiger charge is 2.17. The van der Waals surface area contributed by atoms with Crippen LogP contribution in [0.1, 0.15) is 6.92 Å². The summed E-state index contributed by atoms with van der Waals surface area (Å²) in [6, 6.07) is 7.87. The van der Waals surface area contributed by atoms with Gasteiger partial charge >= 0.3 is 0 Å². The van der Waals surface area contributed by atoms with Gasteiger partial charge in [0.2, 0.25) is 0 Å². The topological polar surface area (TPSA) is 71.1 Å². The molecular weight excluding hydrogens is 378 g/mol. The normalized spacial score (nSPS) is 11.2.